The van der Waals surface area contributed by atoms with E-state index in [0.717, 1.165) is 41.7 Å². The molecule has 0 radical (unpaired) electrons. The molecular formula is C23H26N4OS. The quantitative estimate of drug-likeness (QED) is 0.582. The van der Waals surface area contributed by atoms with Crippen LogP contribution in [0.5, 0.6) is 0 Å². The maximum atomic E-state index is 12.7. The van der Waals surface area contributed by atoms with Crippen LogP contribution in [-0.4, -0.2) is 44.4 Å². The second-order valence-corrected chi connectivity index (χ2v) is 8.66. The summed E-state index contributed by atoms with van der Waals surface area (Å²) in [7, 11) is 0. The first-order chi connectivity index (χ1) is 14.1. The molecule has 1 saturated heterocycles. The minimum atomic E-state index is 0.182. The van der Waals surface area contributed by atoms with E-state index in [4.69, 9.17) is 0 Å². The lowest BCUT2D eigenvalue weighted by atomic mass is 10.0. The van der Waals surface area contributed by atoms with E-state index in [0.29, 0.717) is 11.7 Å². The van der Waals surface area contributed by atoms with Crippen LogP contribution >= 0.6 is 11.8 Å². The molecule has 0 saturated carbocycles. The van der Waals surface area contributed by atoms with Gasteiger partial charge in [0.05, 0.1) is 5.75 Å². The summed E-state index contributed by atoms with van der Waals surface area (Å²) in [5, 5.41) is 9.64. The molecule has 1 aliphatic heterocycles. The van der Waals surface area contributed by atoms with Crippen molar-refractivity contribution in [2.24, 2.45) is 5.92 Å². The first kappa shape index (κ1) is 19.7. The van der Waals surface area contributed by atoms with Crippen LogP contribution in [0.4, 0.5) is 0 Å². The van der Waals surface area contributed by atoms with E-state index in [1.165, 1.54) is 23.7 Å². The van der Waals surface area contributed by atoms with Gasteiger partial charge < -0.3 is 4.90 Å². The van der Waals surface area contributed by atoms with E-state index < -0.39 is 0 Å². The molecule has 1 unspecified atom stereocenters. The first-order valence-corrected chi connectivity index (χ1v) is 11.1. The number of aromatic nitrogens is 3. The molecule has 1 amide bonds. The van der Waals surface area contributed by atoms with Crippen LogP contribution < -0.4 is 0 Å². The zero-order valence-corrected chi connectivity index (χ0v) is 17.7. The Labute approximate surface area is 176 Å². The second kappa shape index (κ2) is 8.82. The largest absolute Gasteiger partial charge is 0.342 e. The highest BCUT2D eigenvalue weighted by Gasteiger charge is 2.23. The summed E-state index contributed by atoms with van der Waals surface area (Å²) in [5.74, 6) is 1.93. The summed E-state index contributed by atoms with van der Waals surface area (Å²) < 4.78 is 2.05. The first-order valence-electron chi connectivity index (χ1n) is 10.1. The SMILES string of the molecule is Cc1cccc(-n2c(SCC(=O)N3CCCC(C)C3)nnc2-c2ccccc2)c1. The number of aryl methyl sites for hydroxylation is 1. The Morgan fingerprint density at radius 3 is 2.72 bits per heavy atom. The second-order valence-electron chi connectivity index (χ2n) is 7.72. The van der Waals surface area contributed by atoms with Crippen molar-refractivity contribution in [3.05, 3.63) is 60.2 Å². The van der Waals surface area contributed by atoms with Gasteiger partial charge in [0, 0.05) is 24.3 Å². The van der Waals surface area contributed by atoms with Crippen molar-refractivity contribution in [1.82, 2.24) is 19.7 Å². The molecule has 150 valence electrons. The lowest BCUT2D eigenvalue weighted by molar-refractivity contribution is -0.130. The number of hydrogen-bond acceptors (Lipinski definition) is 4. The predicted molar refractivity (Wildman–Crippen MR) is 117 cm³/mol. The fourth-order valence-corrected chi connectivity index (χ4v) is 4.63. The van der Waals surface area contributed by atoms with Gasteiger partial charge in [-0.05, 0) is 43.4 Å². The Kier molecular flexibility index (Phi) is 6.00. The van der Waals surface area contributed by atoms with E-state index in [1.54, 1.807) is 0 Å². The molecule has 0 bridgehead atoms. The normalized spacial score (nSPS) is 16.8. The van der Waals surface area contributed by atoms with Gasteiger partial charge in [-0.3, -0.25) is 9.36 Å². The van der Waals surface area contributed by atoms with E-state index in [-0.39, 0.29) is 5.91 Å². The van der Waals surface area contributed by atoms with E-state index in [1.807, 2.05) is 41.3 Å². The number of hydrogen-bond donors (Lipinski definition) is 0. The van der Waals surface area contributed by atoms with Crippen molar-refractivity contribution in [3.63, 3.8) is 0 Å². The van der Waals surface area contributed by atoms with E-state index in [9.17, 15) is 4.79 Å². The van der Waals surface area contributed by atoms with Gasteiger partial charge in [-0.2, -0.15) is 0 Å². The Hall–Kier alpha value is -2.60. The molecule has 2 aromatic carbocycles. The van der Waals surface area contributed by atoms with Crippen molar-refractivity contribution < 1.29 is 4.79 Å². The lowest BCUT2D eigenvalue weighted by Crippen LogP contribution is -2.40. The molecule has 3 aromatic rings. The summed E-state index contributed by atoms with van der Waals surface area (Å²) >= 11 is 1.46. The number of nitrogens with zero attached hydrogens (tertiary/aromatic N) is 4. The summed E-state index contributed by atoms with van der Waals surface area (Å²) in [6.07, 6.45) is 2.30. The predicted octanol–water partition coefficient (Wildman–Crippen LogP) is 4.59. The van der Waals surface area contributed by atoms with Gasteiger partial charge in [0.2, 0.25) is 5.91 Å². The van der Waals surface area contributed by atoms with Gasteiger partial charge in [-0.1, -0.05) is 61.2 Å². The van der Waals surface area contributed by atoms with Gasteiger partial charge in [-0.25, -0.2) is 0 Å². The number of amides is 1. The molecule has 0 aliphatic carbocycles. The summed E-state index contributed by atoms with van der Waals surface area (Å²) in [5.41, 5.74) is 3.18. The highest BCUT2D eigenvalue weighted by molar-refractivity contribution is 7.99. The Balaban J connectivity index is 1.61. The van der Waals surface area contributed by atoms with E-state index in [2.05, 4.69) is 46.8 Å². The lowest BCUT2D eigenvalue weighted by Gasteiger charge is -2.30. The number of piperidine rings is 1. The topological polar surface area (TPSA) is 51.0 Å². The van der Waals surface area contributed by atoms with Crippen molar-refractivity contribution >= 4 is 17.7 Å². The zero-order valence-electron chi connectivity index (χ0n) is 16.9. The average Bonchev–Trinajstić information content (AvgIpc) is 3.16. The van der Waals surface area contributed by atoms with Crippen molar-refractivity contribution in [2.45, 2.75) is 31.8 Å². The van der Waals surface area contributed by atoms with Gasteiger partial charge in [0.1, 0.15) is 0 Å². The number of benzene rings is 2. The van der Waals surface area contributed by atoms with E-state index >= 15 is 0 Å². The fourth-order valence-electron chi connectivity index (χ4n) is 3.77. The number of carbonyl (C=O) groups excluding carboxylic acids is 1. The minimum absolute atomic E-state index is 0.182. The molecule has 1 atom stereocenters. The van der Waals surface area contributed by atoms with Crippen LogP contribution in [-0.2, 0) is 4.79 Å². The third-order valence-electron chi connectivity index (χ3n) is 5.26. The molecule has 5 nitrogen and oxygen atoms in total. The molecule has 1 aromatic heterocycles. The zero-order chi connectivity index (χ0) is 20.2. The Morgan fingerprint density at radius 2 is 1.97 bits per heavy atom. The van der Waals surface area contributed by atoms with Gasteiger partial charge in [0.15, 0.2) is 11.0 Å². The molecular weight excluding hydrogens is 380 g/mol. The third kappa shape index (κ3) is 4.53. The van der Waals surface area contributed by atoms with Crippen LogP contribution in [0.15, 0.2) is 59.8 Å². The minimum Gasteiger partial charge on any atom is -0.342 e. The van der Waals surface area contributed by atoms with Crippen LogP contribution in [0.25, 0.3) is 17.1 Å². The van der Waals surface area contributed by atoms with Crippen LogP contribution in [0.2, 0.25) is 0 Å². The van der Waals surface area contributed by atoms with Gasteiger partial charge in [-0.15, -0.1) is 10.2 Å². The Morgan fingerprint density at radius 1 is 1.14 bits per heavy atom. The van der Waals surface area contributed by atoms with Crippen LogP contribution in [0, 0.1) is 12.8 Å². The third-order valence-corrected chi connectivity index (χ3v) is 6.17. The smallest absolute Gasteiger partial charge is 0.233 e. The number of likely N-dealkylation sites (tertiary alicyclic amines) is 1. The molecule has 0 N–H and O–H groups in total. The summed E-state index contributed by atoms with van der Waals surface area (Å²) in [6.45, 7) is 6.01. The average molecular weight is 407 g/mol. The molecule has 29 heavy (non-hydrogen) atoms. The maximum Gasteiger partial charge on any atom is 0.233 e. The van der Waals surface area contributed by atoms with Crippen LogP contribution in [0.3, 0.4) is 0 Å². The molecule has 1 aliphatic rings. The molecule has 1 fully saturated rings. The number of carbonyl (C=O) groups is 1. The van der Waals surface area contributed by atoms with Gasteiger partial charge in [0.25, 0.3) is 0 Å². The highest BCUT2D eigenvalue weighted by atomic mass is 32.2. The van der Waals surface area contributed by atoms with Crippen molar-refractivity contribution in [1.29, 1.82) is 0 Å². The molecule has 0 spiro atoms. The molecule has 4 rings (SSSR count). The monoisotopic (exact) mass is 406 g/mol. The number of thioether (sulfide) groups is 1. The molecule has 6 heteroatoms. The van der Waals surface area contributed by atoms with Gasteiger partial charge >= 0.3 is 0 Å². The number of rotatable bonds is 5. The highest BCUT2D eigenvalue weighted by Crippen LogP contribution is 2.28. The Bertz CT molecular complexity index is 986. The summed E-state index contributed by atoms with van der Waals surface area (Å²) in [6, 6.07) is 18.3. The summed E-state index contributed by atoms with van der Waals surface area (Å²) in [4.78, 5) is 14.7. The van der Waals surface area contributed by atoms with Crippen LogP contribution in [0.1, 0.15) is 25.3 Å². The van der Waals surface area contributed by atoms with Crippen molar-refractivity contribution in [3.8, 4) is 17.1 Å². The molecule has 2 heterocycles. The fraction of sp³-hybridized carbons (Fsp3) is 0.348. The maximum absolute atomic E-state index is 12.7. The standard InChI is InChI=1S/C23H26N4OS/c1-17-8-6-12-20(14-17)27-22(19-10-4-3-5-11-19)24-25-23(27)29-16-21(28)26-13-7-9-18(2)15-26/h3-6,8,10-12,14,18H,7,9,13,15-16H2,1-2H3. The van der Waals surface area contributed by atoms with Crippen molar-refractivity contribution in [2.75, 3.05) is 18.8 Å².